The van der Waals surface area contributed by atoms with E-state index >= 15 is 0 Å². The Labute approximate surface area is 199 Å². The fourth-order valence-electron chi connectivity index (χ4n) is 4.11. The number of amides is 2. The molecule has 2 N–H and O–H groups in total. The highest BCUT2D eigenvalue weighted by Crippen LogP contribution is 2.42. The predicted octanol–water partition coefficient (Wildman–Crippen LogP) is 4.15. The highest BCUT2D eigenvalue weighted by atomic mass is 19.2. The van der Waals surface area contributed by atoms with Crippen molar-refractivity contribution >= 4 is 12.0 Å². The SMILES string of the molecule is COc1ccc(-c2nc(C3(C(=O)O)CCN(C(=O)N(C)O)CC3)oc2-c2ccc(F)c(F)c2)cc1. The molecule has 11 heteroatoms. The summed E-state index contributed by atoms with van der Waals surface area (Å²) >= 11 is 0. The Morgan fingerprint density at radius 2 is 1.71 bits per heavy atom. The van der Waals surface area contributed by atoms with Crippen LogP contribution in [0, 0.1) is 11.6 Å². The zero-order valence-electron chi connectivity index (χ0n) is 19.0. The third-order valence-electron chi connectivity index (χ3n) is 6.16. The summed E-state index contributed by atoms with van der Waals surface area (Å²) in [5.74, 6) is -2.76. The monoisotopic (exact) mass is 487 g/mol. The Bertz CT molecular complexity index is 1250. The molecule has 2 aromatic carbocycles. The highest BCUT2D eigenvalue weighted by Gasteiger charge is 2.49. The molecule has 184 valence electrons. The van der Waals surface area contributed by atoms with Crippen LogP contribution in [0.1, 0.15) is 18.7 Å². The Morgan fingerprint density at radius 1 is 1.09 bits per heavy atom. The van der Waals surface area contributed by atoms with Gasteiger partial charge in [0.2, 0.25) is 5.89 Å². The topological polar surface area (TPSA) is 116 Å². The number of hydroxylamine groups is 2. The quantitative estimate of drug-likeness (QED) is 0.410. The fourth-order valence-corrected chi connectivity index (χ4v) is 4.11. The van der Waals surface area contributed by atoms with Crippen molar-refractivity contribution in [1.29, 1.82) is 0 Å². The van der Waals surface area contributed by atoms with Crippen LogP contribution in [-0.2, 0) is 10.2 Å². The number of oxazole rings is 1. The van der Waals surface area contributed by atoms with Crippen molar-refractivity contribution in [2.75, 3.05) is 27.2 Å². The standard InChI is InChI=1S/C24H23F2N3O6/c1-28(33)23(32)29-11-9-24(10-12-29,22(30)31)21-27-19(14-3-6-16(34-2)7-4-14)20(35-21)15-5-8-17(25)18(26)13-15/h3-8,13,33H,9-12H2,1-2H3,(H,30,31). The molecule has 0 spiro atoms. The molecule has 1 saturated heterocycles. The number of aromatic nitrogens is 1. The smallest absolute Gasteiger partial charge is 0.343 e. The van der Waals surface area contributed by atoms with Crippen molar-refractivity contribution < 1.29 is 37.8 Å². The summed E-state index contributed by atoms with van der Waals surface area (Å²) in [5, 5.41) is 20.0. The molecule has 1 aliphatic heterocycles. The number of ether oxygens (including phenoxy) is 1. The van der Waals surface area contributed by atoms with Gasteiger partial charge in [-0.3, -0.25) is 10.0 Å². The van der Waals surface area contributed by atoms with Gasteiger partial charge in [-0.1, -0.05) is 0 Å². The van der Waals surface area contributed by atoms with Crippen LogP contribution >= 0.6 is 0 Å². The molecule has 0 aliphatic carbocycles. The van der Waals surface area contributed by atoms with Gasteiger partial charge in [0, 0.05) is 31.3 Å². The van der Waals surface area contributed by atoms with Crippen LogP contribution in [0.5, 0.6) is 5.75 Å². The van der Waals surface area contributed by atoms with Gasteiger partial charge in [-0.05, 0) is 55.3 Å². The average Bonchev–Trinajstić information content (AvgIpc) is 3.31. The number of methoxy groups -OCH3 is 1. The number of urea groups is 1. The highest BCUT2D eigenvalue weighted by molar-refractivity contribution is 5.83. The van der Waals surface area contributed by atoms with Gasteiger partial charge in [-0.15, -0.1) is 0 Å². The van der Waals surface area contributed by atoms with Crippen molar-refractivity contribution in [3.63, 3.8) is 0 Å². The molecule has 0 radical (unpaired) electrons. The van der Waals surface area contributed by atoms with Crippen LogP contribution in [0.3, 0.4) is 0 Å². The van der Waals surface area contributed by atoms with E-state index in [1.165, 1.54) is 25.1 Å². The summed E-state index contributed by atoms with van der Waals surface area (Å²) < 4.78 is 38.8. The second-order valence-corrected chi connectivity index (χ2v) is 8.23. The first-order valence-electron chi connectivity index (χ1n) is 10.7. The number of benzene rings is 2. The lowest BCUT2D eigenvalue weighted by atomic mass is 9.78. The number of carboxylic acids is 1. The number of halogens is 2. The lowest BCUT2D eigenvalue weighted by Gasteiger charge is -2.37. The van der Waals surface area contributed by atoms with E-state index in [1.807, 2.05) is 0 Å². The summed E-state index contributed by atoms with van der Waals surface area (Å²) in [6.45, 7) is 0.0770. The van der Waals surface area contributed by atoms with E-state index < -0.39 is 29.0 Å². The molecule has 1 aromatic heterocycles. The molecule has 2 heterocycles. The van der Waals surface area contributed by atoms with Crippen LogP contribution in [0.15, 0.2) is 46.9 Å². The number of piperidine rings is 1. The van der Waals surface area contributed by atoms with Gasteiger partial charge < -0.3 is 19.2 Å². The number of carbonyl (C=O) groups is 2. The lowest BCUT2D eigenvalue weighted by Crippen LogP contribution is -2.51. The van der Waals surface area contributed by atoms with Crippen LogP contribution in [0.2, 0.25) is 0 Å². The molecule has 0 unspecified atom stereocenters. The first-order chi connectivity index (χ1) is 16.7. The minimum absolute atomic E-state index is 0.0261. The maximum Gasteiger partial charge on any atom is 0.343 e. The lowest BCUT2D eigenvalue weighted by molar-refractivity contribution is -0.147. The molecular weight excluding hydrogens is 464 g/mol. The van der Waals surface area contributed by atoms with Crippen LogP contribution in [0.25, 0.3) is 22.6 Å². The third kappa shape index (κ3) is 4.42. The van der Waals surface area contributed by atoms with Crippen molar-refractivity contribution in [1.82, 2.24) is 14.9 Å². The molecule has 0 bridgehead atoms. The van der Waals surface area contributed by atoms with E-state index in [2.05, 4.69) is 4.98 Å². The third-order valence-corrected chi connectivity index (χ3v) is 6.16. The van der Waals surface area contributed by atoms with Gasteiger partial charge in [0.1, 0.15) is 16.9 Å². The van der Waals surface area contributed by atoms with Gasteiger partial charge >= 0.3 is 12.0 Å². The molecule has 0 saturated carbocycles. The molecule has 1 fully saturated rings. The zero-order valence-corrected chi connectivity index (χ0v) is 19.0. The maximum absolute atomic E-state index is 14.0. The number of carbonyl (C=O) groups excluding carboxylic acids is 1. The van der Waals surface area contributed by atoms with E-state index in [0.29, 0.717) is 16.4 Å². The van der Waals surface area contributed by atoms with Crippen molar-refractivity contribution in [2.45, 2.75) is 18.3 Å². The molecule has 9 nitrogen and oxygen atoms in total. The summed E-state index contributed by atoms with van der Waals surface area (Å²) in [7, 11) is 2.70. The summed E-state index contributed by atoms with van der Waals surface area (Å²) in [6.07, 6.45) is -0.0522. The van der Waals surface area contributed by atoms with E-state index in [-0.39, 0.29) is 48.8 Å². The number of hydrogen-bond donors (Lipinski definition) is 2. The van der Waals surface area contributed by atoms with Gasteiger partial charge in [0.15, 0.2) is 17.4 Å². The molecule has 1 aliphatic rings. The predicted molar refractivity (Wildman–Crippen MR) is 119 cm³/mol. The minimum Gasteiger partial charge on any atom is -0.497 e. The maximum atomic E-state index is 14.0. The number of nitrogens with zero attached hydrogens (tertiary/aromatic N) is 3. The Kier molecular flexibility index (Phi) is 6.44. The molecule has 2 amide bonds. The van der Waals surface area contributed by atoms with Crippen LogP contribution < -0.4 is 4.74 Å². The van der Waals surface area contributed by atoms with Crippen molar-refractivity contribution in [2.24, 2.45) is 0 Å². The number of likely N-dealkylation sites (tertiary alicyclic amines) is 1. The second kappa shape index (κ2) is 9.34. The van der Waals surface area contributed by atoms with Crippen molar-refractivity contribution in [3.8, 4) is 28.3 Å². The molecule has 35 heavy (non-hydrogen) atoms. The number of carboxylic acid groups (broad SMARTS) is 1. The zero-order chi connectivity index (χ0) is 25.3. The molecule has 3 aromatic rings. The van der Waals surface area contributed by atoms with Crippen molar-refractivity contribution in [3.05, 3.63) is 60.0 Å². The molecule has 0 atom stereocenters. The Morgan fingerprint density at radius 3 is 2.26 bits per heavy atom. The number of rotatable bonds is 5. The second-order valence-electron chi connectivity index (χ2n) is 8.23. The Hall–Kier alpha value is -3.99. The number of hydrogen-bond acceptors (Lipinski definition) is 6. The van der Waals surface area contributed by atoms with E-state index in [0.717, 1.165) is 12.1 Å². The van der Waals surface area contributed by atoms with E-state index in [4.69, 9.17) is 9.15 Å². The van der Waals surface area contributed by atoms with Gasteiger partial charge in [0.25, 0.3) is 0 Å². The first kappa shape index (κ1) is 24.1. The normalized spacial score (nSPS) is 15.1. The van der Waals surface area contributed by atoms with E-state index in [9.17, 15) is 28.7 Å². The summed E-state index contributed by atoms with van der Waals surface area (Å²) in [6, 6.07) is 9.32. The number of aliphatic carboxylic acids is 1. The summed E-state index contributed by atoms with van der Waals surface area (Å²) in [4.78, 5) is 30.4. The fraction of sp³-hybridized carbons (Fsp3) is 0.292. The van der Waals surface area contributed by atoms with Gasteiger partial charge in [-0.2, -0.15) is 0 Å². The Balaban J connectivity index is 1.81. The average molecular weight is 487 g/mol. The summed E-state index contributed by atoms with van der Waals surface area (Å²) in [5.41, 5.74) is -0.579. The van der Waals surface area contributed by atoms with E-state index in [1.54, 1.807) is 24.3 Å². The largest absolute Gasteiger partial charge is 0.497 e. The van der Waals surface area contributed by atoms with Gasteiger partial charge in [-0.25, -0.2) is 23.6 Å². The molecular formula is C24H23F2N3O6. The molecule has 4 rings (SSSR count). The minimum atomic E-state index is -1.57. The first-order valence-corrected chi connectivity index (χ1v) is 10.7. The van der Waals surface area contributed by atoms with Gasteiger partial charge in [0.05, 0.1) is 7.11 Å². The van der Waals surface area contributed by atoms with Crippen LogP contribution in [-0.4, -0.2) is 64.5 Å². The van der Waals surface area contributed by atoms with Crippen LogP contribution in [0.4, 0.5) is 13.6 Å².